The number of rotatable bonds is 0. The van der Waals surface area contributed by atoms with Crippen molar-refractivity contribution in [3.05, 3.63) is 0 Å². The van der Waals surface area contributed by atoms with E-state index in [1.165, 1.54) is 0 Å². The third-order valence-corrected chi connectivity index (χ3v) is 2.09. The summed E-state index contributed by atoms with van der Waals surface area (Å²) in [5.74, 6) is -0.744. The quantitative estimate of drug-likeness (QED) is 0.410. The molecule has 0 aromatic carbocycles. The molecule has 0 aliphatic heterocycles. The molecule has 1 aliphatic carbocycles. The van der Waals surface area contributed by atoms with Crippen molar-refractivity contribution in [1.29, 1.82) is 0 Å². The van der Waals surface area contributed by atoms with E-state index in [0.29, 0.717) is 0 Å². The molecule has 1 fully saturated rings. The van der Waals surface area contributed by atoms with Crippen LogP contribution in [0.3, 0.4) is 0 Å². The van der Waals surface area contributed by atoms with E-state index in [1.54, 1.807) is 6.92 Å². The fourth-order valence-electron chi connectivity index (χ4n) is 1.29. The van der Waals surface area contributed by atoms with Gasteiger partial charge < -0.3 is 15.3 Å². The molecule has 0 heterocycles. The minimum Gasteiger partial charge on any atom is -0.390 e. The van der Waals surface area contributed by atoms with Crippen molar-refractivity contribution in [2.45, 2.75) is 31.7 Å². The maximum atomic E-state index is 11.0. The molecule has 0 aromatic heterocycles. The summed E-state index contributed by atoms with van der Waals surface area (Å²) < 4.78 is 0. The fraction of sp³-hybridized carbons (Fsp3) is 0.857. The predicted octanol–water partition coefficient (Wildman–Crippen LogP) is -1.32. The van der Waals surface area contributed by atoms with Gasteiger partial charge in [-0.1, -0.05) is 6.92 Å². The minimum absolute atomic E-state index is 0.233. The molecule has 1 rings (SSSR count). The molecule has 0 unspecified atom stereocenters. The molecule has 4 heteroatoms. The SMILES string of the molecule is C[C@H]1C[C@@H](O)[C@@H](O)[C@H](O)C1=O. The van der Waals surface area contributed by atoms with Gasteiger partial charge in [-0.25, -0.2) is 0 Å². The molecular weight excluding hydrogens is 148 g/mol. The summed E-state index contributed by atoms with van der Waals surface area (Å²) >= 11 is 0. The summed E-state index contributed by atoms with van der Waals surface area (Å²) in [5.41, 5.74) is 0. The molecular formula is C7H12O4. The van der Waals surface area contributed by atoms with Crippen LogP contribution in [0.25, 0.3) is 0 Å². The Morgan fingerprint density at radius 1 is 1.36 bits per heavy atom. The molecule has 0 spiro atoms. The second-order valence-electron chi connectivity index (χ2n) is 3.04. The lowest BCUT2D eigenvalue weighted by molar-refractivity contribution is -0.152. The largest absolute Gasteiger partial charge is 0.390 e. The van der Waals surface area contributed by atoms with Gasteiger partial charge >= 0.3 is 0 Å². The van der Waals surface area contributed by atoms with Crippen molar-refractivity contribution in [3.8, 4) is 0 Å². The highest BCUT2D eigenvalue weighted by atomic mass is 16.4. The first-order valence-electron chi connectivity index (χ1n) is 3.62. The Balaban J connectivity index is 2.70. The Kier molecular flexibility index (Phi) is 2.27. The van der Waals surface area contributed by atoms with Crippen LogP contribution in [-0.4, -0.2) is 39.4 Å². The van der Waals surface area contributed by atoms with E-state index in [4.69, 9.17) is 15.3 Å². The van der Waals surface area contributed by atoms with Gasteiger partial charge in [-0.15, -0.1) is 0 Å². The topological polar surface area (TPSA) is 77.8 Å². The fourth-order valence-corrected chi connectivity index (χ4v) is 1.29. The number of aliphatic hydroxyl groups excluding tert-OH is 3. The summed E-state index contributed by atoms with van der Waals surface area (Å²) in [7, 11) is 0. The second-order valence-corrected chi connectivity index (χ2v) is 3.04. The standard InChI is InChI=1S/C7H12O4/c1-3-2-4(8)6(10)7(11)5(3)9/h3-4,6-8,10-11H,2H2,1H3/t3-,4+,6+,7+/m0/s1. The van der Waals surface area contributed by atoms with E-state index >= 15 is 0 Å². The lowest BCUT2D eigenvalue weighted by Gasteiger charge is -2.30. The Morgan fingerprint density at radius 2 is 1.91 bits per heavy atom. The highest BCUT2D eigenvalue weighted by Gasteiger charge is 2.39. The summed E-state index contributed by atoms with van der Waals surface area (Å²) in [5, 5.41) is 27.1. The van der Waals surface area contributed by atoms with Crippen LogP contribution in [0, 0.1) is 5.92 Å². The van der Waals surface area contributed by atoms with E-state index in [1.807, 2.05) is 0 Å². The second kappa shape index (κ2) is 2.89. The molecule has 1 aliphatic rings. The molecule has 11 heavy (non-hydrogen) atoms. The molecule has 0 aromatic rings. The zero-order chi connectivity index (χ0) is 8.59. The first kappa shape index (κ1) is 8.64. The highest BCUT2D eigenvalue weighted by molar-refractivity contribution is 5.86. The molecule has 4 nitrogen and oxygen atoms in total. The molecule has 0 radical (unpaired) electrons. The van der Waals surface area contributed by atoms with Crippen molar-refractivity contribution in [2.24, 2.45) is 5.92 Å². The first-order valence-corrected chi connectivity index (χ1v) is 3.62. The van der Waals surface area contributed by atoms with Gasteiger partial charge in [0.25, 0.3) is 0 Å². The van der Waals surface area contributed by atoms with Gasteiger partial charge in [-0.3, -0.25) is 4.79 Å². The monoisotopic (exact) mass is 160 g/mol. The molecule has 4 atom stereocenters. The Bertz CT molecular complexity index is 168. The van der Waals surface area contributed by atoms with Crippen LogP contribution in [0.4, 0.5) is 0 Å². The van der Waals surface area contributed by atoms with Crippen LogP contribution < -0.4 is 0 Å². The van der Waals surface area contributed by atoms with Gasteiger partial charge in [0, 0.05) is 5.92 Å². The number of carbonyl (C=O) groups is 1. The maximum absolute atomic E-state index is 11.0. The van der Waals surface area contributed by atoms with Crippen LogP contribution in [0.5, 0.6) is 0 Å². The molecule has 0 bridgehead atoms. The van der Waals surface area contributed by atoms with Crippen LogP contribution in [0.2, 0.25) is 0 Å². The number of ketones is 1. The van der Waals surface area contributed by atoms with E-state index in [2.05, 4.69) is 0 Å². The van der Waals surface area contributed by atoms with E-state index in [0.717, 1.165) is 0 Å². The third-order valence-electron chi connectivity index (χ3n) is 2.09. The summed E-state index contributed by atoms with van der Waals surface area (Å²) in [6.45, 7) is 1.63. The third kappa shape index (κ3) is 1.42. The van der Waals surface area contributed by atoms with Crippen LogP contribution in [0.1, 0.15) is 13.3 Å². The minimum atomic E-state index is -1.41. The number of aliphatic hydroxyl groups is 3. The van der Waals surface area contributed by atoms with E-state index in [9.17, 15) is 4.79 Å². The number of carbonyl (C=O) groups excluding carboxylic acids is 1. The van der Waals surface area contributed by atoms with Gasteiger partial charge in [0.05, 0.1) is 6.10 Å². The average molecular weight is 160 g/mol. The van der Waals surface area contributed by atoms with Crippen LogP contribution >= 0.6 is 0 Å². The van der Waals surface area contributed by atoms with Gasteiger partial charge in [0.1, 0.15) is 12.2 Å². The van der Waals surface area contributed by atoms with Crippen LogP contribution in [-0.2, 0) is 4.79 Å². The van der Waals surface area contributed by atoms with E-state index in [-0.39, 0.29) is 18.1 Å². The van der Waals surface area contributed by atoms with Crippen molar-refractivity contribution >= 4 is 5.78 Å². The number of hydrogen-bond acceptors (Lipinski definition) is 4. The molecule has 1 saturated carbocycles. The zero-order valence-corrected chi connectivity index (χ0v) is 6.27. The Hall–Kier alpha value is -0.450. The van der Waals surface area contributed by atoms with Crippen molar-refractivity contribution in [1.82, 2.24) is 0 Å². The highest BCUT2D eigenvalue weighted by Crippen LogP contribution is 2.21. The Morgan fingerprint density at radius 3 is 2.45 bits per heavy atom. The van der Waals surface area contributed by atoms with Gasteiger partial charge in [-0.05, 0) is 6.42 Å². The lowest BCUT2D eigenvalue weighted by atomic mass is 9.83. The average Bonchev–Trinajstić information content (AvgIpc) is 1.97. The van der Waals surface area contributed by atoms with E-state index < -0.39 is 18.3 Å². The Labute approximate surface area is 64.5 Å². The predicted molar refractivity (Wildman–Crippen MR) is 36.8 cm³/mol. The lowest BCUT2D eigenvalue weighted by Crippen LogP contribution is -2.50. The summed E-state index contributed by atoms with van der Waals surface area (Å²) in [4.78, 5) is 11.0. The van der Waals surface area contributed by atoms with Gasteiger partial charge in [-0.2, -0.15) is 0 Å². The molecule has 0 amide bonds. The number of Topliss-reactive ketones (excluding diaryl/α,β-unsaturated/α-hetero) is 1. The van der Waals surface area contributed by atoms with Crippen molar-refractivity contribution in [3.63, 3.8) is 0 Å². The molecule has 0 saturated heterocycles. The van der Waals surface area contributed by atoms with Crippen molar-refractivity contribution < 1.29 is 20.1 Å². The normalized spacial score (nSPS) is 46.0. The molecule has 64 valence electrons. The smallest absolute Gasteiger partial charge is 0.166 e. The van der Waals surface area contributed by atoms with Gasteiger partial charge in [0.15, 0.2) is 5.78 Å². The first-order chi connectivity index (χ1) is 5.04. The number of hydrogen-bond donors (Lipinski definition) is 3. The maximum Gasteiger partial charge on any atom is 0.166 e. The van der Waals surface area contributed by atoms with Crippen molar-refractivity contribution in [2.75, 3.05) is 0 Å². The molecule has 3 N–H and O–H groups in total. The summed E-state index contributed by atoms with van der Waals surface area (Å²) in [6.07, 6.45) is -3.46. The zero-order valence-electron chi connectivity index (χ0n) is 6.27. The van der Waals surface area contributed by atoms with Gasteiger partial charge in [0.2, 0.25) is 0 Å². The summed E-state index contributed by atoms with van der Waals surface area (Å²) in [6, 6.07) is 0. The van der Waals surface area contributed by atoms with Crippen LogP contribution in [0.15, 0.2) is 0 Å².